The third kappa shape index (κ3) is 3.55. The number of pyridine rings is 2. The number of hydrogen-bond acceptors (Lipinski definition) is 4. The van der Waals surface area contributed by atoms with Crippen molar-refractivity contribution in [2.75, 3.05) is 6.54 Å². The van der Waals surface area contributed by atoms with Crippen LogP contribution in [0.3, 0.4) is 0 Å². The van der Waals surface area contributed by atoms with E-state index < -0.39 is 10.0 Å². The van der Waals surface area contributed by atoms with Gasteiger partial charge >= 0.3 is 0 Å². The van der Waals surface area contributed by atoms with E-state index in [1.807, 2.05) is 37.3 Å². The van der Waals surface area contributed by atoms with Gasteiger partial charge in [0, 0.05) is 36.4 Å². The first-order valence-corrected chi connectivity index (χ1v) is 8.79. The molecule has 0 radical (unpaired) electrons. The van der Waals surface area contributed by atoms with E-state index in [9.17, 15) is 8.42 Å². The maximum absolute atomic E-state index is 12.5. The maximum atomic E-state index is 12.5. The lowest BCUT2D eigenvalue weighted by Gasteiger charge is -2.09. The van der Waals surface area contributed by atoms with Crippen molar-refractivity contribution in [3.8, 4) is 0 Å². The quantitative estimate of drug-likeness (QED) is 0.781. The van der Waals surface area contributed by atoms with Crippen LogP contribution < -0.4 is 4.72 Å². The summed E-state index contributed by atoms with van der Waals surface area (Å²) in [5, 5.41) is 0.817. The van der Waals surface area contributed by atoms with Gasteiger partial charge in [-0.15, -0.1) is 0 Å². The van der Waals surface area contributed by atoms with Gasteiger partial charge in [-0.2, -0.15) is 0 Å². The van der Waals surface area contributed by atoms with Gasteiger partial charge in [-0.25, -0.2) is 13.1 Å². The molecule has 0 aliphatic heterocycles. The van der Waals surface area contributed by atoms with Crippen LogP contribution >= 0.6 is 0 Å². The van der Waals surface area contributed by atoms with E-state index in [1.165, 1.54) is 0 Å². The average Bonchev–Trinajstić information content (AvgIpc) is 2.55. The number of para-hydroxylation sites is 1. The molecular weight excluding hydrogens is 310 g/mol. The molecule has 3 rings (SSSR count). The number of nitrogens with one attached hydrogen (secondary N) is 1. The van der Waals surface area contributed by atoms with Crippen molar-refractivity contribution in [1.29, 1.82) is 0 Å². The average molecular weight is 327 g/mol. The summed E-state index contributed by atoms with van der Waals surface area (Å²) in [6, 6.07) is 12.7. The summed E-state index contributed by atoms with van der Waals surface area (Å²) in [6.45, 7) is 2.22. The number of aryl methyl sites for hydroxylation is 1. The summed E-state index contributed by atoms with van der Waals surface area (Å²) >= 11 is 0. The third-order valence-corrected chi connectivity index (χ3v) is 4.99. The second-order valence-electron chi connectivity index (χ2n) is 5.31. The molecule has 0 amide bonds. The molecule has 0 fully saturated rings. The molecule has 2 aromatic heterocycles. The second-order valence-corrected chi connectivity index (χ2v) is 7.04. The molecule has 0 saturated carbocycles. The highest BCUT2D eigenvalue weighted by Gasteiger charge is 2.17. The van der Waals surface area contributed by atoms with Crippen LogP contribution in [0.2, 0.25) is 0 Å². The predicted molar refractivity (Wildman–Crippen MR) is 89.6 cm³/mol. The third-order valence-electron chi connectivity index (χ3n) is 3.50. The predicted octanol–water partition coefficient (Wildman–Crippen LogP) is 2.46. The fourth-order valence-corrected chi connectivity index (χ4v) is 3.61. The van der Waals surface area contributed by atoms with Crippen molar-refractivity contribution in [3.63, 3.8) is 0 Å². The fourth-order valence-electron chi connectivity index (χ4n) is 2.40. The summed E-state index contributed by atoms with van der Waals surface area (Å²) < 4.78 is 27.7. The minimum Gasteiger partial charge on any atom is -0.261 e. The van der Waals surface area contributed by atoms with Gasteiger partial charge in [0.05, 0.1) is 5.52 Å². The smallest absolute Gasteiger partial charge is 0.242 e. The van der Waals surface area contributed by atoms with E-state index in [4.69, 9.17) is 0 Å². The zero-order valence-corrected chi connectivity index (χ0v) is 13.5. The van der Waals surface area contributed by atoms with Crippen LogP contribution in [-0.2, 0) is 16.4 Å². The van der Waals surface area contributed by atoms with Crippen molar-refractivity contribution >= 4 is 20.9 Å². The molecule has 0 saturated heterocycles. The van der Waals surface area contributed by atoms with Crippen LogP contribution in [0.15, 0.2) is 59.8 Å². The van der Waals surface area contributed by atoms with Crippen molar-refractivity contribution in [2.24, 2.45) is 0 Å². The number of sulfonamides is 1. The molecular formula is C17H17N3O2S. The first-order chi connectivity index (χ1) is 11.1. The van der Waals surface area contributed by atoms with E-state index in [0.717, 1.165) is 16.6 Å². The number of benzene rings is 1. The zero-order chi connectivity index (χ0) is 16.3. The van der Waals surface area contributed by atoms with Gasteiger partial charge in [-0.1, -0.05) is 18.2 Å². The van der Waals surface area contributed by atoms with Crippen molar-refractivity contribution in [1.82, 2.24) is 14.7 Å². The monoisotopic (exact) mass is 327 g/mol. The Hall–Kier alpha value is -2.31. The van der Waals surface area contributed by atoms with Crippen LogP contribution in [-0.4, -0.2) is 24.9 Å². The Bertz CT molecular complexity index is 925. The summed E-state index contributed by atoms with van der Waals surface area (Å²) in [5.41, 5.74) is 2.33. The number of hydrogen-bond donors (Lipinski definition) is 1. The number of nitrogens with zero attached hydrogens (tertiary/aromatic N) is 2. The van der Waals surface area contributed by atoms with Crippen molar-refractivity contribution < 1.29 is 8.42 Å². The van der Waals surface area contributed by atoms with E-state index in [2.05, 4.69) is 14.7 Å². The summed E-state index contributed by atoms with van der Waals surface area (Å²) in [7, 11) is -3.61. The molecule has 5 nitrogen and oxygen atoms in total. The molecule has 3 aromatic rings. The van der Waals surface area contributed by atoms with E-state index in [-0.39, 0.29) is 4.90 Å². The molecule has 1 N–H and O–H groups in total. The normalized spacial score (nSPS) is 11.7. The largest absolute Gasteiger partial charge is 0.261 e. The number of rotatable bonds is 5. The van der Waals surface area contributed by atoms with Crippen LogP contribution in [0, 0.1) is 6.92 Å². The van der Waals surface area contributed by atoms with Gasteiger partial charge in [0.15, 0.2) is 0 Å². The van der Waals surface area contributed by atoms with Gasteiger partial charge in [0.2, 0.25) is 10.0 Å². The fraction of sp³-hybridized carbons (Fsp3) is 0.176. The SMILES string of the molecule is Cc1cnc2c(S(=O)(=O)NCCc3ccccn3)cccc2c1. The van der Waals surface area contributed by atoms with E-state index in [0.29, 0.717) is 18.5 Å². The molecule has 6 heteroatoms. The minimum absolute atomic E-state index is 0.205. The molecule has 0 aliphatic carbocycles. The molecule has 118 valence electrons. The number of aromatic nitrogens is 2. The Balaban J connectivity index is 1.82. The Morgan fingerprint density at radius 2 is 1.96 bits per heavy atom. The lowest BCUT2D eigenvalue weighted by atomic mass is 10.2. The summed E-state index contributed by atoms with van der Waals surface area (Å²) in [4.78, 5) is 8.67. The first kappa shape index (κ1) is 15.6. The Labute approximate surface area is 135 Å². The topological polar surface area (TPSA) is 72.0 Å². The van der Waals surface area contributed by atoms with Crippen LogP contribution in [0.25, 0.3) is 10.9 Å². The molecule has 0 unspecified atom stereocenters. The van der Waals surface area contributed by atoms with E-state index in [1.54, 1.807) is 24.5 Å². The summed E-state index contributed by atoms with van der Waals surface area (Å²) in [5.74, 6) is 0. The standard InChI is InChI=1S/C17H17N3O2S/c1-13-11-14-5-4-7-16(17(14)19-12-13)23(21,22)20-10-8-15-6-2-3-9-18-15/h2-7,9,11-12,20H,8,10H2,1H3. The van der Waals surface area contributed by atoms with Crippen molar-refractivity contribution in [2.45, 2.75) is 18.2 Å². The van der Waals surface area contributed by atoms with Crippen molar-refractivity contribution in [3.05, 3.63) is 66.1 Å². The lowest BCUT2D eigenvalue weighted by molar-refractivity contribution is 0.582. The van der Waals surface area contributed by atoms with Crippen LogP contribution in [0.4, 0.5) is 0 Å². The van der Waals surface area contributed by atoms with Crippen LogP contribution in [0.1, 0.15) is 11.3 Å². The summed E-state index contributed by atoms with van der Waals surface area (Å²) in [6.07, 6.45) is 3.91. The number of fused-ring (bicyclic) bond motifs is 1. The molecule has 0 bridgehead atoms. The zero-order valence-electron chi connectivity index (χ0n) is 12.7. The molecule has 0 spiro atoms. The van der Waals surface area contributed by atoms with Gasteiger partial charge in [-0.05, 0) is 36.8 Å². The lowest BCUT2D eigenvalue weighted by Crippen LogP contribution is -2.26. The Kier molecular flexibility index (Phi) is 4.36. The second kappa shape index (κ2) is 6.44. The first-order valence-electron chi connectivity index (χ1n) is 7.31. The van der Waals surface area contributed by atoms with Gasteiger partial charge in [-0.3, -0.25) is 9.97 Å². The molecule has 23 heavy (non-hydrogen) atoms. The van der Waals surface area contributed by atoms with Gasteiger partial charge in [0.1, 0.15) is 4.90 Å². The van der Waals surface area contributed by atoms with E-state index >= 15 is 0 Å². The Morgan fingerprint density at radius 1 is 1.09 bits per heavy atom. The Morgan fingerprint density at radius 3 is 2.74 bits per heavy atom. The van der Waals surface area contributed by atoms with Gasteiger partial charge in [0.25, 0.3) is 0 Å². The highest BCUT2D eigenvalue weighted by Crippen LogP contribution is 2.21. The highest BCUT2D eigenvalue weighted by molar-refractivity contribution is 7.89. The van der Waals surface area contributed by atoms with Gasteiger partial charge < -0.3 is 0 Å². The molecule has 1 aromatic carbocycles. The highest BCUT2D eigenvalue weighted by atomic mass is 32.2. The molecule has 0 atom stereocenters. The molecule has 2 heterocycles. The maximum Gasteiger partial charge on any atom is 0.242 e. The minimum atomic E-state index is -3.61. The molecule has 0 aliphatic rings. The van der Waals surface area contributed by atoms with Crippen LogP contribution in [0.5, 0.6) is 0 Å².